The summed E-state index contributed by atoms with van der Waals surface area (Å²) in [5.74, 6) is 0.933. The van der Waals surface area contributed by atoms with Crippen molar-refractivity contribution in [3.05, 3.63) is 64.7 Å². The summed E-state index contributed by atoms with van der Waals surface area (Å²) in [6, 6.07) is 12.7. The van der Waals surface area contributed by atoms with E-state index in [-0.39, 0.29) is 0 Å². The Morgan fingerprint density at radius 1 is 1.00 bits per heavy atom. The van der Waals surface area contributed by atoms with Crippen molar-refractivity contribution in [2.75, 3.05) is 26.2 Å². The Morgan fingerprint density at radius 3 is 2.38 bits per heavy atom. The molecule has 1 saturated heterocycles. The van der Waals surface area contributed by atoms with Crippen molar-refractivity contribution < 1.29 is 9.80 Å². The SMILES string of the molecule is CCn1c(-c2ccncc2)nn(C[NH+]2CC[NH+](Cc3ccccc3C)CC2)c1=S. The number of nitrogens with zero attached hydrogens (tertiary/aromatic N) is 4. The first-order valence-corrected chi connectivity index (χ1v) is 10.9. The third kappa shape index (κ3) is 4.47. The van der Waals surface area contributed by atoms with Gasteiger partial charge in [-0.1, -0.05) is 24.3 Å². The summed E-state index contributed by atoms with van der Waals surface area (Å²) in [4.78, 5) is 7.34. The highest BCUT2D eigenvalue weighted by molar-refractivity contribution is 7.71. The van der Waals surface area contributed by atoms with Crippen molar-refractivity contribution >= 4 is 12.2 Å². The smallest absolute Gasteiger partial charge is 0.203 e. The lowest BCUT2D eigenvalue weighted by atomic mass is 10.1. The molecule has 29 heavy (non-hydrogen) atoms. The molecule has 6 nitrogen and oxygen atoms in total. The minimum atomic E-state index is 0.807. The standard InChI is InChI=1S/C22H28N6S/c1-3-27-21(19-8-10-23-11-9-19)24-28(22(27)29)17-26-14-12-25(13-15-26)16-20-7-5-4-6-18(20)2/h4-11H,3,12-17H2,1-2H3/p+2. The highest BCUT2D eigenvalue weighted by atomic mass is 32.1. The van der Waals surface area contributed by atoms with Crippen LogP contribution in [0.2, 0.25) is 0 Å². The molecule has 4 rings (SSSR count). The third-order valence-electron chi connectivity index (χ3n) is 5.92. The maximum atomic E-state index is 5.73. The minimum absolute atomic E-state index is 0.807. The van der Waals surface area contributed by atoms with Gasteiger partial charge in [0.05, 0.1) is 0 Å². The van der Waals surface area contributed by atoms with Crippen molar-refractivity contribution in [2.45, 2.75) is 33.6 Å². The molecule has 3 heterocycles. The first kappa shape index (κ1) is 19.9. The van der Waals surface area contributed by atoms with Crippen molar-refractivity contribution in [1.29, 1.82) is 0 Å². The zero-order chi connectivity index (χ0) is 20.2. The second-order valence-electron chi connectivity index (χ2n) is 7.85. The summed E-state index contributed by atoms with van der Waals surface area (Å²) in [5, 5.41) is 4.86. The number of hydrogen-bond acceptors (Lipinski definition) is 3. The zero-order valence-corrected chi connectivity index (χ0v) is 18.1. The molecule has 7 heteroatoms. The van der Waals surface area contributed by atoms with E-state index in [4.69, 9.17) is 17.3 Å². The van der Waals surface area contributed by atoms with Crippen molar-refractivity contribution in [1.82, 2.24) is 19.3 Å². The molecule has 0 saturated carbocycles. The molecule has 0 amide bonds. The van der Waals surface area contributed by atoms with E-state index in [9.17, 15) is 0 Å². The van der Waals surface area contributed by atoms with Crippen LogP contribution in [0.25, 0.3) is 11.4 Å². The molecule has 0 radical (unpaired) electrons. The Hall–Kier alpha value is -2.35. The van der Waals surface area contributed by atoms with Gasteiger partial charge in [-0.25, -0.2) is 0 Å². The maximum Gasteiger partial charge on any atom is 0.203 e. The number of aryl methyl sites for hydroxylation is 1. The molecule has 0 atom stereocenters. The summed E-state index contributed by atoms with van der Waals surface area (Å²) in [6.07, 6.45) is 3.61. The van der Waals surface area contributed by atoms with E-state index in [0.717, 1.165) is 49.0 Å². The van der Waals surface area contributed by atoms with E-state index in [1.807, 2.05) is 16.8 Å². The summed E-state index contributed by atoms with van der Waals surface area (Å²) < 4.78 is 4.93. The van der Waals surface area contributed by atoms with Gasteiger partial charge in [0.1, 0.15) is 32.7 Å². The lowest BCUT2D eigenvalue weighted by molar-refractivity contribution is -1.03. The van der Waals surface area contributed by atoms with Crippen LogP contribution in [-0.4, -0.2) is 45.5 Å². The molecule has 1 aliphatic heterocycles. The van der Waals surface area contributed by atoms with Crippen LogP contribution in [0.5, 0.6) is 0 Å². The molecule has 1 fully saturated rings. The van der Waals surface area contributed by atoms with Gasteiger partial charge in [-0.2, -0.15) is 4.68 Å². The summed E-state index contributed by atoms with van der Waals surface area (Å²) in [7, 11) is 0. The highest BCUT2D eigenvalue weighted by Crippen LogP contribution is 2.16. The molecule has 0 aliphatic carbocycles. The first-order chi connectivity index (χ1) is 14.2. The topological polar surface area (TPSA) is 44.5 Å². The van der Waals surface area contributed by atoms with E-state index in [1.165, 1.54) is 24.2 Å². The van der Waals surface area contributed by atoms with Gasteiger partial charge in [-0.15, -0.1) is 5.10 Å². The summed E-state index contributed by atoms with van der Waals surface area (Å²) in [6.45, 7) is 11.8. The number of nitrogens with one attached hydrogen (secondary N) is 2. The summed E-state index contributed by atoms with van der Waals surface area (Å²) >= 11 is 5.73. The van der Waals surface area contributed by atoms with Crippen LogP contribution in [-0.2, 0) is 19.8 Å². The van der Waals surface area contributed by atoms with Gasteiger partial charge in [-0.05, 0) is 43.8 Å². The van der Waals surface area contributed by atoms with Crippen molar-refractivity contribution in [3.8, 4) is 11.4 Å². The lowest BCUT2D eigenvalue weighted by Gasteiger charge is -2.29. The molecule has 2 N–H and O–H groups in total. The Bertz CT molecular complexity index is 1000. The lowest BCUT2D eigenvalue weighted by Crippen LogP contribution is -3.27. The number of aromatic nitrogens is 4. The van der Waals surface area contributed by atoms with Crippen molar-refractivity contribution in [2.24, 2.45) is 0 Å². The van der Waals surface area contributed by atoms with Gasteiger partial charge in [0.25, 0.3) is 0 Å². The Balaban J connectivity index is 1.41. The van der Waals surface area contributed by atoms with Gasteiger partial charge in [0.15, 0.2) is 12.5 Å². The molecule has 3 aromatic rings. The van der Waals surface area contributed by atoms with Gasteiger partial charge >= 0.3 is 0 Å². The first-order valence-electron chi connectivity index (χ1n) is 10.5. The fourth-order valence-corrected chi connectivity index (χ4v) is 4.45. The molecule has 0 unspecified atom stereocenters. The molecule has 1 aromatic carbocycles. The Morgan fingerprint density at radius 2 is 1.69 bits per heavy atom. The van der Waals surface area contributed by atoms with Crippen molar-refractivity contribution in [3.63, 3.8) is 0 Å². The second kappa shape index (κ2) is 8.98. The van der Waals surface area contributed by atoms with Gasteiger partial charge in [0, 0.05) is 30.1 Å². The third-order valence-corrected chi connectivity index (χ3v) is 6.35. The monoisotopic (exact) mass is 410 g/mol. The molecule has 2 aromatic heterocycles. The zero-order valence-electron chi connectivity index (χ0n) is 17.3. The Kier molecular flexibility index (Phi) is 6.18. The Labute approximate surface area is 177 Å². The number of benzene rings is 1. The van der Waals surface area contributed by atoms with Crippen LogP contribution < -0.4 is 9.80 Å². The normalized spacial score (nSPS) is 19.4. The van der Waals surface area contributed by atoms with E-state index in [1.54, 1.807) is 22.2 Å². The minimum Gasteiger partial charge on any atom is -0.322 e. The van der Waals surface area contributed by atoms with Crippen LogP contribution in [0.15, 0.2) is 48.8 Å². The predicted molar refractivity (Wildman–Crippen MR) is 116 cm³/mol. The van der Waals surface area contributed by atoms with Gasteiger partial charge in [0.2, 0.25) is 4.77 Å². The maximum absolute atomic E-state index is 5.73. The molecular formula is C22H30N6S+2. The largest absolute Gasteiger partial charge is 0.322 e. The van der Waals surface area contributed by atoms with Crippen LogP contribution in [0.4, 0.5) is 0 Å². The van der Waals surface area contributed by atoms with E-state index < -0.39 is 0 Å². The van der Waals surface area contributed by atoms with Gasteiger partial charge in [-0.3, -0.25) is 4.98 Å². The fourth-order valence-electron chi connectivity index (χ4n) is 4.13. The van der Waals surface area contributed by atoms with Gasteiger partial charge < -0.3 is 14.4 Å². The number of piperazine rings is 1. The quantitative estimate of drug-likeness (QED) is 0.590. The predicted octanol–water partition coefficient (Wildman–Crippen LogP) is 0.746. The number of quaternary nitrogens is 2. The van der Waals surface area contributed by atoms with Crippen LogP contribution in [0.3, 0.4) is 0 Å². The van der Waals surface area contributed by atoms with Crippen LogP contribution >= 0.6 is 12.2 Å². The van der Waals surface area contributed by atoms with E-state index >= 15 is 0 Å². The average Bonchev–Trinajstić information content (AvgIpc) is 3.07. The summed E-state index contributed by atoms with van der Waals surface area (Å²) in [5.41, 5.74) is 3.93. The molecule has 152 valence electrons. The van der Waals surface area contributed by atoms with E-state index in [0.29, 0.717) is 0 Å². The van der Waals surface area contributed by atoms with E-state index in [2.05, 4.69) is 47.7 Å². The average molecular weight is 411 g/mol. The highest BCUT2D eigenvalue weighted by Gasteiger charge is 2.24. The van der Waals surface area contributed by atoms with Crippen LogP contribution in [0.1, 0.15) is 18.1 Å². The molecule has 0 spiro atoms. The number of hydrogen-bond donors (Lipinski definition) is 2. The molecular weight excluding hydrogens is 380 g/mol. The number of pyridine rings is 1. The fraction of sp³-hybridized carbons (Fsp3) is 0.409. The molecule has 1 aliphatic rings. The van der Waals surface area contributed by atoms with Crippen LogP contribution in [0, 0.1) is 11.7 Å². The molecule has 0 bridgehead atoms. The number of rotatable bonds is 6. The second-order valence-corrected chi connectivity index (χ2v) is 8.21.